The van der Waals surface area contributed by atoms with Crippen LogP contribution < -0.4 is 9.64 Å². The predicted molar refractivity (Wildman–Crippen MR) is 114 cm³/mol. The number of carbonyl (C=O) groups is 4. The first-order chi connectivity index (χ1) is 15.4. The summed E-state index contributed by atoms with van der Waals surface area (Å²) < 4.78 is 10.4. The van der Waals surface area contributed by atoms with Gasteiger partial charge in [-0.3, -0.25) is 9.59 Å². The Morgan fingerprint density at radius 1 is 0.844 bits per heavy atom. The molecule has 1 heterocycles. The van der Waals surface area contributed by atoms with Crippen molar-refractivity contribution in [1.82, 2.24) is 0 Å². The van der Waals surface area contributed by atoms with Gasteiger partial charge in [0, 0.05) is 11.6 Å². The third kappa shape index (κ3) is 3.27. The van der Waals surface area contributed by atoms with Crippen molar-refractivity contribution in [1.29, 1.82) is 0 Å². The Morgan fingerprint density at radius 2 is 1.53 bits per heavy atom. The number of rotatable bonds is 5. The van der Waals surface area contributed by atoms with Crippen molar-refractivity contribution in [2.45, 2.75) is 0 Å². The maximum atomic E-state index is 13.1. The number of ether oxygens (including phenoxy) is 2. The number of hydrogen-bond acceptors (Lipinski definition) is 6. The van der Waals surface area contributed by atoms with E-state index in [9.17, 15) is 24.3 Å². The second kappa shape index (κ2) is 7.99. The molecule has 8 heteroatoms. The van der Waals surface area contributed by atoms with E-state index in [4.69, 9.17) is 9.47 Å². The number of fused-ring (bicyclic) bond motifs is 1. The molecule has 4 rings (SSSR count). The molecule has 1 N–H and O–H groups in total. The lowest BCUT2D eigenvalue weighted by atomic mass is 9.99. The van der Waals surface area contributed by atoms with Gasteiger partial charge in [0.1, 0.15) is 5.75 Å². The van der Waals surface area contributed by atoms with E-state index in [1.165, 1.54) is 38.5 Å². The molecule has 8 nitrogen and oxygen atoms in total. The van der Waals surface area contributed by atoms with Gasteiger partial charge in [-0.1, -0.05) is 30.3 Å². The summed E-state index contributed by atoms with van der Waals surface area (Å²) in [5, 5.41) is 9.22. The molecule has 1 aliphatic rings. The number of carboxylic acid groups (broad SMARTS) is 1. The van der Waals surface area contributed by atoms with Crippen LogP contribution in [-0.4, -0.2) is 43.1 Å². The van der Waals surface area contributed by atoms with Gasteiger partial charge in [0.2, 0.25) is 0 Å². The second-order valence-corrected chi connectivity index (χ2v) is 6.94. The van der Waals surface area contributed by atoms with Crippen LogP contribution >= 0.6 is 0 Å². The average molecular weight is 431 g/mol. The topological polar surface area (TPSA) is 110 Å². The Balaban J connectivity index is 1.91. The number of carbonyl (C=O) groups excluding carboxylic acids is 3. The van der Waals surface area contributed by atoms with Crippen LogP contribution in [0.4, 0.5) is 5.69 Å². The highest BCUT2D eigenvalue weighted by Gasteiger charge is 2.39. The van der Waals surface area contributed by atoms with Crippen LogP contribution in [0, 0.1) is 0 Å². The summed E-state index contributed by atoms with van der Waals surface area (Å²) in [6.45, 7) is 0. The summed E-state index contributed by atoms with van der Waals surface area (Å²) in [4.78, 5) is 50.9. The number of methoxy groups -OCH3 is 2. The Kier molecular flexibility index (Phi) is 5.19. The van der Waals surface area contributed by atoms with E-state index in [1.54, 1.807) is 0 Å². The molecule has 0 atom stereocenters. The number of anilines is 1. The average Bonchev–Trinajstić information content (AvgIpc) is 3.07. The number of amides is 2. The third-order valence-electron chi connectivity index (χ3n) is 5.18. The number of esters is 1. The smallest absolute Gasteiger partial charge is 0.340 e. The second-order valence-electron chi connectivity index (χ2n) is 6.94. The number of benzene rings is 3. The summed E-state index contributed by atoms with van der Waals surface area (Å²) in [5.74, 6) is -3.06. The van der Waals surface area contributed by atoms with Gasteiger partial charge in [-0.2, -0.15) is 0 Å². The molecule has 0 fully saturated rings. The number of imide groups is 1. The molecule has 3 aromatic carbocycles. The standard InChI is InChI=1S/C24H17NO7/c1-31-20-12-19(18(24(30)32-2)11-16(20)13-6-4-3-5-7-13)25-21(26)15-9-8-14(23(28)29)10-17(15)22(25)27/h3-12H,1-2H3,(H,28,29). The lowest BCUT2D eigenvalue weighted by molar-refractivity contribution is 0.0600. The fourth-order valence-corrected chi connectivity index (χ4v) is 3.63. The summed E-state index contributed by atoms with van der Waals surface area (Å²) >= 11 is 0. The molecule has 0 aliphatic carbocycles. The minimum absolute atomic E-state index is 0.0138. The molecular formula is C24H17NO7. The zero-order chi connectivity index (χ0) is 23.0. The van der Waals surface area contributed by atoms with Gasteiger partial charge in [0.15, 0.2) is 0 Å². The van der Waals surface area contributed by atoms with Crippen molar-refractivity contribution < 1.29 is 33.8 Å². The Labute approximate surface area is 182 Å². The zero-order valence-electron chi connectivity index (χ0n) is 17.1. The number of nitrogens with zero attached hydrogens (tertiary/aromatic N) is 1. The highest BCUT2D eigenvalue weighted by Crippen LogP contribution is 2.39. The predicted octanol–water partition coefficient (Wildman–Crippen LogP) is 3.65. The van der Waals surface area contributed by atoms with Crippen molar-refractivity contribution in [2.24, 2.45) is 0 Å². The molecule has 0 saturated carbocycles. The molecule has 0 unspecified atom stereocenters. The fraction of sp³-hybridized carbons (Fsp3) is 0.0833. The van der Waals surface area contributed by atoms with Crippen LogP contribution in [0.5, 0.6) is 5.75 Å². The SMILES string of the molecule is COC(=O)c1cc(-c2ccccc2)c(OC)cc1N1C(=O)c2ccc(C(=O)O)cc2C1=O. The largest absolute Gasteiger partial charge is 0.496 e. The molecule has 2 amide bonds. The first-order valence-electron chi connectivity index (χ1n) is 9.49. The van der Waals surface area contributed by atoms with Crippen molar-refractivity contribution >= 4 is 29.4 Å². The van der Waals surface area contributed by atoms with Gasteiger partial charge < -0.3 is 14.6 Å². The first kappa shape index (κ1) is 20.8. The Morgan fingerprint density at radius 3 is 2.16 bits per heavy atom. The van der Waals surface area contributed by atoms with E-state index >= 15 is 0 Å². The molecule has 32 heavy (non-hydrogen) atoms. The summed E-state index contributed by atoms with van der Waals surface area (Å²) in [7, 11) is 2.63. The van der Waals surface area contributed by atoms with Gasteiger partial charge in [0.05, 0.1) is 42.2 Å². The van der Waals surface area contributed by atoms with Gasteiger partial charge in [0.25, 0.3) is 11.8 Å². The van der Waals surface area contributed by atoms with E-state index in [2.05, 4.69) is 0 Å². The molecule has 1 aliphatic heterocycles. The summed E-state index contributed by atoms with van der Waals surface area (Å²) in [6, 6.07) is 15.7. The van der Waals surface area contributed by atoms with Crippen LogP contribution in [-0.2, 0) is 4.74 Å². The van der Waals surface area contributed by atoms with E-state index in [0.29, 0.717) is 11.3 Å². The lowest BCUT2D eigenvalue weighted by Crippen LogP contribution is -2.31. The van der Waals surface area contributed by atoms with Gasteiger partial charge in [-0.25, -0.2) is 14.5 Å². The lowest BCUT2D eigenvalue weighted by Gasteiger charge is -2.20. The maximum absolute atomic E-state index is 13.1. The first-order valence-corrected chi connectivity index (χ1v) is 9.49. The van der Waals surface area contributed by atoms with Gasteiger partial charge >= 0.3 is 11.9 Å². The molecule has 160 valence electrons. The molecule has 0 bridgehead atoms. The maximum Gasteiger partial charge on any atom is 0.340 e. The van der Waals surface area contributed by atoms with E-state index in [1.807, 2.05) is 30.3 Å². The number of carboxylic acids is 1. The van der Waals surface area contributed by atoms with Gasteiger partial charge in [-0.05, 0) is 29.8 Å². The van der Waals surface area contributed by atoms with E-state index < -0.39 is 23.8 Å². The van der Waals surface area contributed by atoms with Crippen molar-refractivity contribution in [3.63, 3.8) is 0 Å². The zero-order valence-corrected chi connectivity index (χ0v) is 17.1. The summed E-state index contributed by atoms with van der Waals surface area (Å²) in [5.41, 5.74) is 1.16. The van der Waals surface area contributed by atoms with Gasteiger partial charge in [-0.15, -0.1) is 0 Å². The normalized spacial score (nSPS) is 12.5. The quantitative estimate of drug-likeness (QED) is 0.485. The van der Waals surface area contributed by atoms with Crippen molar-refractivity contribution in [3.05, 3.63) is 82.9 Å². The molecule has 0 saturated heterocycles. The number of hydrogen-bond donors (Lipinski definition) is 1. The Bertz CT molecular complexity index is 1280. The van der Waals surface area contributed by atoms with Crippen LogP contribution in [0.25, 0.3) is 11.1 Å². The molecule has 0 aromatic heterocycles. The molecule has 3 aromatic rings. The van der Waals surface area contributed by atoms with Crippen LogP contribution in [0.15, 0.2) is 60.7 Å². The van der Waals surface area contributed by atoms with Crippen LogP contribution in [0.1, 0.15) is 41.4 Å². The molecular weight excluding hydrogens is 414 g/mol. The van der Waals surface area contributed by atoms with Crippen molar-refractivity contribution in [2.75, 3.05) is 19.1 Å². The summed E-state index contributed by atoms with van der Waals surface area (Å²) in [6.07, 6.45) is 0. The third-order valence-corrected chi connectivity index (χ3v) is 5.18. The minimum Gasteiger partial charge on any atom is -0.496 e. The fourth-order valence-electron chi connectivity index (χ4n) is 3.63. The highest BCUT2D eigenvalue weighted by molar-refractivity contribution is 6.35. The number of aromatic carboxylic acids is 1. The molecule has 0 spiro atoms. The van der Waals surface area contributed by atoms with E-state index in [0.717, 1.165) is 16.5 Å². The van der Waals surface area contributed by atoms with E-state index in [-0.39, 0.29) is 27.9 Å². The minimum atomic E-state index is -1.23. The monoisotopic (exact) mass is 431 g/mol. The Hall–Kier alpha value is -4.46. The highest BCUT2D eigenvalue weighted by atomic mass is 16.5. The molecule has 0 radical (unpaired) electrons. The van der Waals surface area contributed by atoms with Crippen LogP contribution in [0.3, 0.4) is 0 Å². The van der Waals surface area contributed by atoms with Crippen LogP contribution in [0.2, 0.25) is 0 Å². The van der Waals surface area contributed by atoms with Crippen molar-refractivity contribution in [3.8, 4) is 16.9 Å².